The molecule has 0 spiro atoms. The smallest absolute Gasteiger partial charge is 0.313 e. The number of aliphatic hydroxyl groups is 2. The summed E-state index contributed by atoms with van der Waals surface area (Å²) in [6.45, 7) is 13.1. The Morgan fingerprint density at radius 2 is 1.63 bits per heavy atom. The molecule has 5 N–H and O–H groups in total. The summed E-state index contributed by atoms with van der Waals surface area (Å²) in [6.07, 6.45) is 3.27. The Kier molecular flexibility index (Phi) is 6.53. The van der Waals surface area contributed by atoms with Crippen LogP contribution in [0.15, 0.2) is 11.6 Å². The predicted octanol–water partition coefficient (Wildman–Crippen LogP) is 4.58. The molecule has 214 valence electrons. The molecule has 0 bridgehead atoms. The minimum absolute atomic E-state index is 0.162. The molecule has 0 unspecified atom stereocenters. The molecule has 38 heavy (non-hydrogen) atoms. The average molecular weight is 535 g/mol. The van der Waals surface area contributed by atoms with Crippen molar-refractivity contribution in [3.05, 3.63) is 11.6 Å². The Morgan fingerprint density at radius 1 is 1.03 bits per heavy atom. The van der Waals surface area contributed by atoms with Crippen LogP contribution in [0.5, 0.6) is 0 Å². The lowest BCUT2D eigenvalue weighted by molar-refractivity contribution is -0.229. The van der Waals surface area contributed by atoms with Crippen molar-refractivity contribution < 1.29 is 39.9 Å². The van der Waals surface area contributed by atoms with Gasteiger partial charge >= 0.3 is 17.9 Å². The van der Waals surface area contributed by atoms with Crippen molar-refractivity contribution in [2.75, 3.05) is 0 Å². The lowest BCUT2D eigenvalue weighted by Crippen LogP contribution is -2.70. The highest BCUT2D eigenvalue weighted by Crippen LogP contribution is 2.75. The first-order valence-electron chi connectivity index (χ1n) is 14.0. The van der Waals surface area contributed by atoms with Gasteiger partial charge in [-0.15, -0.1) is 0 Å². The van der Waals surface area contributed by atoms with Crippen LogP contribution in [0.4, 0.5) is 0 Å². The highest BCUT2D eigenvalue weighted by atomic mass is 16.4. The fourth-order valence-electron chi connectivity index (χ4n) is 10.2. The van der Waals surface area contributed by atoms with E-state index in [4.69, 9.17) is 0 Å². The quantitative estimate of drug-likeness (QED) is 0.321. The minimum Gasteiger partial charge on any atom is -0.481 e. The first kappa shape index (κ1) is 29.1. The SMILES string of the molecule is C[C@@H]1CC[C@]2(C(=O)O)[C@H](O)C[C@]3(C)C(=CC[C@H]4[C@@](C)(CC(=O)O)[C@@H](C(C)(C)C(=O)O)CC[C@]43C)[C@H]2[C@]1(C)O. The molecule has 0 aromatic carbocycles. The molecule has 0 aromatic heterocycles. The van der Waals surface area contributed by atoms with Crippen LogP contribution in [0.25, 0.3) is 0 Å². The van der Waals surface area contributed by atoms with Gasteiger partial charge < -0.3 is 25.5 Å². The summed E-state index contributed by atoms with van der Waals surface area (Å²) in [5.74, 6) is -4.53. The third-order valence-electron chi connectivity index (χ3n) is 12.7. The number of carboxylic acid groups (broad SMARTS) is 3. The molecular formula is C30H46O8. The molecule has 0 saturated heterocycles. The van der Waals surface area contributed by atoms with E-state index in [-0.39, 0.29) is 37.0 Å². The number of rotatable bonds is 5. The fraction of sp³-hybridized carbons (Fsp3) is 0.833. The number of carboxylic acids is 3. The van der Waals surface area contributed by atoms with E-state index in [2.05, 4.69) is 13.8 Å². The average Bonchev–Trinajstić information content (AvgIpc) is 2.76. The third kappa shape index (κ3) is 3.44. The molecule has 0 aromatic rings. The lowest BCUT2D eigenvalue weighted by Gasteiger charge is -2.70. The van der Waals surface area contributed by atoms with E-state index < -0.39 is 62.6 Å². The maximum absolute atomic E-state index is 12.9. The van der Waals surface area contributed by atoms with Crippen LogP contribution in [-0.4, -0.2) is 55.1 Å². The Bertz CT molecular complexity index is 1080. The molecule has 0 amide bonds. The minimum atomic E-state index is -1.49. The first-order chi connectivity index (χ1) is 17.2. The van der Waals surface area contributed by atoms with Crippen LogP contribution in [0.1, 0.15) is 93.4 Å². The number of hydrogen-bond acceptors (Lipinski definition) is 5. The first-order valence-corrected chi connectivity index (χ1v) is 14.0. The Hall–Kier alpha value is -1.93. The molecule has 3 fully saturated rings. The highest BCUT2D eigenvalue weighted by Gasteiger charge is 2.73. The molecule has 4 aliphatic carbocycles. The van der Waals surface area contributed by atoms with Crippen molar-refractivity contribution in [3.8, 4) is 0 Å². The van der Waals surface area contributed by atoms with Gasteiger partial charge in [-0.1, -0.05) is 39.3 Å². The second kappa shape index (κ2) is 8.53. The molecule has 4 rings (SSSR count). The van der Waals surface area contributed by atoms with E-state index >= 15 is 0 Å². The summed E-state index contributed by atoms with van der Waals surface area (Å²) in [5, 5.41) is 54.2. The summed E-state index contributed by atoms with van der Waals surface area (Å²) >= 11 is 0. The summed E-state index contributed by atoms with van der Waals surface area (Å²) in [7, 11) is 0. The third-order valence-corrected chi connectivity index (χ3v) is 12.7. The number of aliphatic carboxylic acids is 3. The van der Waals surface area contributed by atoms with Gasteiger partial charge in [0.05, 0.1) is 23.5 Å². The Balaban J connectivity index is 1.94. The maximum Gasteiger partial charge on any atom is 0.313 e. The molecule has 8 heteroatoms. The molecule has 8 nitrogen and oxygen atoms in total. The number of carbonyl (C=O) groups is 3. The molecule has 10 atom stereocenters. The summed E-state index contributed by atoms with van der Waals surface area (Å²) in [5.41, 5.74) is -5.18. The zero-order valence-corrected chi connectivity index (χ0v) is 23.9. The van der Waals surface area contributed by atoms with Gasteiger partial charge in [0.1, 0.15) is 5.41 Å². The van der Waals surface area contributed by atoms with Gasteiger partial charge in [0.25, 0.3) is 0 Å². The molecule has 0 radical (unpaired) electrons. The molecular weight excluding hydrogens is 488 g/mol. The normalized spacial score (nSPS) is 48.7. The Morgan fingerprint density at radius 3 is 2.16 bits per heavy atom. The van der Waals surface area contributed by atoms with Crippen molar-refractivity contribution in [1.82, 2.24) is 0 Å². The second-order valence-electron chi connectivity index (χ2n) is 14.6. The zero-order chi connectivity index (χ0) is 28.9. The number of allylic oxidation sites excluding steroid dienone is 1. The van der Waals surface area contributed by atoms with Gasteiger partial charge in [-0.2, -0.15) is 0 Å². The summed E-state index contributed by atoms with van der Waals surface area (Å²) in [4.78, 5) is 37.5. The van der Waals surface area contributed by atoms with E-state index in [0.29, 0.717) is 25.7 Å². The highest BCUT2D eigenvalue weighted by molar-refractivity contribution is 5.78. The van der Waals surface area contributed by atoms with Gasteiger partial charge in [0.2, 0.25) is 0 Å². The fourth-order valence-corrected chi connectivity index (χ4v) is 10.2. The van der Waals surface area contributed by atoms with Crippen molar-refractivity contribution >= 4 is 17.9 Å². The van der Waals surface area contributed by atoms with Gasteiger partial charge in [0, 0.05) is 5.92 Å². The topological polar surface area (TPSA) is 152 Å². The lowest BCUT2D eigenvalue weighted by atomic mass is 9.33. The van der Waals surface area contributed by atoms with Crippen LogP contribution in [0, 0.1) is 50.7 Å². The van der Waals surface area contributed by atoms with Crippen LogP contribution >= 0.6 is 0 Å². The number of hydrogen-bond donors (Lipinski definition) is 5. The van der Waals surface area contributed by atoms with Crippen LogP contribution < -0.4 is 0 Å². The molecule has 0 heterocycles. The predicted molar refractivity (Wildman–Crippen MR) is 140 cm³/mol. The van der Waals surface area contributed by atoms with E-state index in [9.17, 15) is 39.9 Å². The van der Waals surface area contributed by atoms with E-state index in [0.717, 1.165) is 5.57 Å². The van der Waals surface area contributed by atoms with Crippen LogP contribution in [0.3, 0.4) is 0 Å². The van der Waals surface area contributed by atoms with Crippen molar-refractivity contribution in [1.29, 1.82) is 0 Å². The number of aliphatic hydroxyl groups excluding tert-OH is 1. The van der Waals surface area contributed by atoms with Crippen LogP contribution in [-0.2, 0) is 14.4 Å². The van der Waals surface area contributed by atoms with Gasteiger partial charge in [-0.3, -0.25) is 14.4 Å². The van der Waals surface area contributed by atoms with Gasteiger partial charge in [-0.05, 0) is 93.3 Å². The molecule has 0 aliphatic heterocycles. The molecule has 4 aliphatic rings. The van der Waals surface area contributed by atoms with Crippen molar-refractivity contribution in [2.45, 2.75) is 105 Å². The summed E-state index contributed by atoms with van der Waals surface area (Å²) in [6, 6.07) is 0. The standard InChI is InChI=1S/C30H46O8/c1-16-10-13-30(24(36)37)20(31)14-28(6)17(22(30)29(16,7)38)8-9-19-26(4,15-21(32)33)18(11-12-27(19,28)5)25(2,3)23(34)35/h8,16,18-20,22,31,38H,9-15H2,1-7H3,(H,32,33)(H,34,35)(H,36,37)/t16-,18-,19+,20-,22+,26+,27-,28-,29-,30+/m1/s1. The Labute approximate surface area is 225 Å². The van der Waals surface area contributed by atoms with Crippen molar-refractivity contribution in [3.63, 3.8) is 0 Å². The van der Waals surface area contributed by atoms with Crippen LogP contribution in [0.2, 0.25) is 0 Å². The van der Waals surface area contributed by atoms with E-state index in [1.54, 1.807) is 20.8 Å². The zero-order valence-electron chi connectivity index (χ0n) is 23.9. The number of fused-ring (bicyclic) bond motifs is 5. The van der Waals surface area contributed by atoms with Gasteiger partial charge in [-0.25, -0.2) is 0 Å². The van der Waals surface area contributed by atoms with E-state index in [1.807, 2.05) is 19.9 Å². The van der Waals surface area contributed by atoms with Crippen molar-refractivity contribution in [2.24, 2.45) is 50.7 Å². The summed E-state index contributed by atoms with van der Waals surface area (Å²) < 4.78 is 0. The largest absolute Gasteiger partial charge is 0.481 e. The molecule has 3 saturated carbocycles. The van der Waals surface area contributed by atoms with Gasteiger partial charge in [0.15, 0.2) is 0 Å². The monoisotopic (exact) mass is 534 g/mol. The maximum atomic E-state index is 12.9. The van der Waals surface area contributed by atoms with E-state index in [1.165, 1.54) is 0 Å². The second-order valence-corrected chi connectivity index (χ2v) is 14.6.